The van der Waals surface area contributed by atoms with Gasteiger partial charge in [-0.25, -0.2) is 9.78 Å². The van der Waals surface area contributed by atoms with Crippen molar-refractivity contribution in [1.82, 2.24) is 14.8 Å². The fraction of sp³-hybridized carbons (Fsp3) is 0.419. The Balaban J connectivity index is 1.19. The number of carbonyl (C=O) groups is 1. The summed E-state index contributed by atoms with van der Waals surface area (Å²) in [4.78, 5) is 21.7. The molecule has 200 valence electrons. The maximum atomic E-state index is 12.6. The number of pyridine rings is 1. The molecular weight excluding hydrogens is 478 g/mol. The minimum absolute atomic E-state index is 0.00713. The molecule has 0 bridgehead atoms. The number of rotatable bonds is 6. The topological polar surface area (TPSA) is 75.1 Å². The molecule has 2 saturated heterocycles. The van der Waals surface area contributed by atoms with Crippen molar-refractivity contribution < 1.29 is 19.4 Å². The first-order valence-corrected chi connectivity index (χ1v) is 13.4. The van der Waals surface area contributed by atoms with E-state index in [1.165, 1.54) is 5.56 Å². The summed E-state index contributed by atoms with van der Waals surface area (Å²) >= 11 is 0. The molecule has 3 heterocycles. The summed E-state index contributed by atoms with van der Waals surface area (Å²) in [5, 5.41) is 10.2. The number of hydrogen-bond acceptors (Lipinski definition) is 6. The molecule has 0 radical (unpaired) electrons. The molecule has 1 amide bonds. The number of ether oxygens (including phenoxy) is 2. The van der Waals surface area contributed by atoms with Crippen LogP contribution in [0.4, 0.5) is 4.79 Å². The number of amides is 1. The molecule has 0 saturated carbocycles. The van der Waals surface area contributed by atoms with Gasteiger partial charge in [0.05, 0.1) is 6.04 Å². The van der Waals surface area contributed by atoms with Gasteiger partial charge in [-0.1, -0.05) is 57.2 Å². The average molecular weight is 516 g/mol. The predicted molar refractivity (Wildman–Crippen MR) is 147 cm³/mol. The maximum Gasteiger partial charge on any atom is 0.410 e. The molecule has 38 heavy (non-hydrogen) atoms. The number of carbonyl (C=O) groups excluding carboxylic acids is 1. The second-order valence-electron chi connectivity index (χ2n) is 11.3. The number of nitrogens with zero attached hydrogens (tertiary/aromatic N) is 3. The van der Waals surface area contributed by atoms with E-state index in [0.717, 1.165) is 49.3 Å². The molecule has 3 aromatic rings. The molecule has 0 spiro atoms. The first-order chi connectivity index (χ1) is 18.2. The largest absolute Gasteiger partial charge is 0.508 e. The number of likely N-dealkylation sites (tertiary alicyclic amines) is 1. The summed E-state index contributed by atoms with van der Waals surface area (Å²) in [6.07, 6.45) is 1.64. The molecule has 1 atom stereocenters. The Morgan fingerprint density at radius 2 is 1.79 bits per heavy atom. The summed E-state index contributed by atoms with van der Waals surface area (Å²) in [5.74, 6) is 1.46. The summed E-state index contributed by atoms with van der Waals surface area (Å²) in [6, 6.07) is 19.6. The molecule has 0 unspecified atom stereocenters. The van der Waals surface area contributed by atoms with E-state index in [1.807, 2.05) is 42.2 Å². The van der Waals surface area contributed by atoms with Crippen LogP contribution in [-0.2, 0) is 16.7 Å². The minimum Gasteiger partial charge on any atom is -0.508 e. The van der Waals surface area contributed by atoms with Crippen molar-refractivity contribution in [2.45, 2.75) is 64.6 Å². The standard InChI is InChI=1S/C31H37N3O4/c1-21-23(10-13-29(32-21)38-25-11-12-28(35)26(18-25)31(2,3)4)19-33-16-14-24(15-17-33)34-27(20-37-30(34)36)22-8-6-5-7-9-22/h5-13,18,24,27,35H,14-17,19-20H2,1-4H3/t27-/m0/s1. The molecule has 1 aromatic heterocycles. The van der Waals surface area contributed by atoms with Gasteiger partial charge in [-0.05, 0) is 54.5 Å². The zero-order valence-corrected chi connectivity index (χ0v) is 22.7. The molecule has 7 nitrogen and oxygen atoms in total. The number of piperidine rings is 1. The van der Waals surface area contributed by atoms with Gasteiger partial charge >= 0.3 is 6.09 Å². The van der Waals surface area contributed by atoms with Crippen LogP contribution in [0.1, 0.15) is 62.0 Å². The lowest BCUT2D eigenvalue weighted by Gasteiger charge is -2.38. The van der Waals surface area contributed by atoms with Crippen LogP contribution >= 0.6 is 0 Å². The van der Waals surface area contributed by atoms with Gasteiger partial charge in [0, 0.05) is 43.0 Å². The highest BCUT2D eigenvalue weighted by atomic mass is 16.6. The zero-order chi connectivity index (χ0) is 26.9. The van der Waals surface area contributed by atoms with Crippen LogP contribution in [0.15, 0.2) is 60.7 Å². The number of hydrogen-bond donors (Lipinski definition) is 1. The van der Waals surface area contributed by atoms with Gasteiger partial charge in [0.2, 0.25) is 5.88 Å². The van der Waals surface area contributed by atoms with Gasteiger partial charge in [0.15, 0.2) is 0 Å². The highest BCUT2D eigenvalue weighted by Crippen LogP contribution is 2.35. The van der Waals surface area contributed by atoms with Gasteiger partial charge < -0.3 is 14.6 Å². The average Bonchev–Trinajstić information content (AvgIpc) is 3.28. The summed E-state index contributed by atoms with van der Waals surface area (Å²) in [7, 11) is 0. The number of phenolic OH excluding ortho intramolecular Hbond substituents is 1. The third-order valence-corrected chi connectivity index (χ3v) is 7.61. The maximum absolute atomic E-state index is 12.6. The second kappa shape index (κ2) is 10.7. The zero-order valence-electron chi connectivity index (χ0n) is 22.7. The number of cyclic esters (lactones) is 1. The summed E-state index contributed by atoms with van der Waals surface area (Å²) in [6.45, 7) is 11.2. The predicted octanol–water partition coefficient (Wildman–Crippen LogP) is 6.34. The Bertz CT molecular complexity index is 1280. The van der Waals surface area contributed by atoms with Gasteiger partial charge in [-0.15, -0.1) is 0 Å². The normalized spacial score (nSPS) is 19.0. The second-order valence-corrected chi connectivity index (χ2v) is 11.3. The molecule has 7 heteroatoms. The SMILES string of the molecule is Cc1nc(Oc2ccc(O)c(C(C)(C)C)c2)ccc1CN1CCC(N2C(=O)OC[C@H]2c2ccccc2)CC1. The molecule has 2 aromatic carbocycles. The van der Waals surface area contributed by atoms with Crippen LogP contribution in [0, 0.1) is 6.92 Å². The number of aromatic hydroxyl groups is 1. The van der Waals surface area contributed by atoms with E-state index in [-0.39, 0.29) is 29.3 Å². The van der Waals surface area contributed by atoms with Gasteiger partial charge in [-0.3, -0.25) is 9.80 Å². The number of phenols is 1. The van der Waals surface area contributed by atoms with E-state index in [1.54, 1.807) is 12.1 Å². The first-order valence-electron chi connectivity index (χ1n) is 13.4. The van der Waals surface area contributed by atoms with Gasteiger partial charge in [0.1, 0.15) is 18.1 Å². The molecule has 2 fully saturated rings. The van der Waals surface area contributed by atoms with E-state index >= 15 is 0 Å². The van der Waals surface area contributed by atoms with Crippen molar-refractivity contribution in [3.05, 3.63) is 83.0 Å². The van der Waals surface area contributed by atoms with Gasteiger partial charge in [-0.2, -0.15) is 0 Å². The fourth-order valence-electron chi connectivity index (χ4n) is 5.46. The van der Waals surface area contributed by atoms with Crippen LogP contribution in [0.25, 0.3) is 0 Å². The fourth-order valence-corrected chi connectivity index (χ4v) is 5.46. The molecule has 2 aliphatic rings. The van der Waals surface area contributed by atoms with Crippen LogP contribution in [0.5, 0.6) is 17.4 Å². The van der Waals surface area contributed by atoms with Crippen LogP contribution in [0.3, 0.4) is 0 Å². The van der Waals surface area contributed by atoms with Crippen molar-refractivity contribution in [2.24, 2.45) is 0 Å². The van der Waals surface area contributed by atoms with Gasteiger partial charge in [0.25, 0.3) is 0 Å². The van der Waals surface area contributed by atoms with Crippen molar-refractivity contribution in [2.75, 3.05) is 19.7 Å². The number of aryl methyl sites for hydroxylation is 1. The lowest BCUT2D eigenvalue weighted by atomic mass is 9.86. The molecule has 0 aliphatic carbocycles. The Morgan fingerprint density at radius 3 is 2.47 bits per heavy atom. The lowest BCUT2D eigenvalue weighted by Crippen LogP contribution is -2.46. The minimum atomic E-state index is -0.198. The van der Waals surface area contributed by atoms with Crippen LogP contribution < -0.4 is 4.74 Å². The Kier molecular flexibility index (Phi) is 7.30. The smallest absolute Gasteiger partial charge is 0.410 e. The third kappa shape index (κ3) is 5.63. The highest BCUT2D eigenvalue weighted by molar-refractivity contribution is 5.71. The van der Waals surface area contributed by atoms with Crippen molar-refractivity contribution in [3.8, 4) is 17.4 Å². The molecule has 1 N–H and O–H groups in total. The molecular formula is C31H37N3O4. The highest BCUT2D eigenvalue weighted by Gasteiger charge is 2.40. The van der Waals surface area contributed by atoms with Crippen molar-refractivity contribution in [3.63, 3.8) is 0 Å². The quantitative estimate of drug-likeness (QED) is 0.413. The lowest BCUT2D eigenvalue weighted by molar-refractivity contribution is 0.104. The Hall–Kier alpha value is -3.58. The number of aromatic nitrogens is 1. The Labute approximate surface area is 225 Å². The number of benzene rings is 2. The molecule has 5 rings (SSSR count). The Morgan fingerprint density at radius 1 is 1.05 bits per heavy atom. The van der Waals surface area contributed by atoms with Crippen molar-refractivity contribution in [1.29, 1.82) is 0 Å². The van der Waals surface area contributed by atoms with E-state index < -0.39 is 0 Å². The first kappa shape index (κ1) is 26.0. The third-order valence-electron chi connectivity index (χ3n) is 7.61. The molecule has 2 aliphatic heterocycles. The summed E-state index contributed by atoms with van der Waals surface area (Å²) in [5.41, 5.74) is 3.88. The van der Waals surface area contributed by atoms with Crippen LogP contribution in [0.2, 0.25) is 0 Å². The van der Waals surface area contributed by atoms with Crippen molar-refractivity contribution >= 4 is 6.09 Å². The summed E-state index contributed by atoms with van der Waals surface area (Å²) < 4.78 is 11.5. The van der Waals surface area contributed by atoms with E-state index in [9.17, 15) is 9.90 Å². The van der Waals surface area contributed by atoms with Crippen LogP contribution in [-0.4, -0.2) is 51.7 Å². The van der Waals surface area contributed by atoms with E-state index in [0.29, 0.717) is 18.2 Å². The van der Waals surface area contributed by atoms with E-state index in [4.69, 9.17) is 14.5 Å². The monoisotopic (exact) mass is 515 g/mol. The van der Waals surface area contributed by atoms with E-state index in [2.05, 4.69) is 43.9 Å².